The standard InChI is InChI=1S/C21H22O6/c1-11(2)6-7-12-14(24-3)9-18-19(20(12)22)21(23)13-8-16(25-4)17(26-5)10-15(13)27-18/h6,8-10,22H,7H2,1-5H3. The summed E-state index contributed by atoms with van der Waals surface area (Å²) in [6, 6.07) is 4.77. The van der Waals surface area contributed by atoms with Gasteiger partial charge in [-0.15, -0.1) is 0 Å². The van der Waals surface area contributed by atoms with Gasteiger partial charge in [0.25, 0.3) is 0 Å². The molecule has 0 atom stereocenters. The first-order valence-electron chi connectivity index (χ1n) is 8.46. The van der Waals surface area contributed by atoms with Gasteiger partial charge in [0.2, 0.25) is 5.43 Å². The number of allylic oxidation sites excluding steroid dienone is 2. The molecule has 1 heterocycles. The van der Waals surface area contributed by atoms with E-state index in [1.165, 1.54) is 21.3 Å². The average molecular weight is 370 g/mol. The van der Waals surface area contributed by atoms with Crippen LogP contribution in [0.15, 0.2) is 39.1 Å². The Balaban J connectivity index is 2.40. The van der Waals surface area contributed by atoms with Crippen LogP contribution in [0, 0.1) is 0 Å². The Hall–Kier alpha value is -3.15. The SMILES string of the molecule is COc1cc2oc3cc(OC)c(CC=C(C)C)c(O)c3c(=O)c2cc1OC. The minimum absolute atomic E-state index is 0.118. The number of phenolic OH excluding ortho intramolecular Hbond substituents is 1. The smallest absolute Gasteiger partial charge is 0.204 e. The number of hydrogen-bond acceptors (Lipinski definition) is 6. The lowest BCUT2D eigenvalue weighted by atomic mass is 10.0. The van der Waals surface area contributed by atoms with Gasteiger partial charge in [0.1, 0.15) is 28.1 Å². The van der Waals surface area contributed by atoms with Gasteiger partial charge in [-0.3, -0.25) is 4.79 Å². The van der Waals surface area contributed by atoms with Gasteiger partial charge in [0.15, 0.2) is 11.5 Å². The minimum atomic E-state index is -0.342. The molecule has 0 saturated heterocycles. The van der Waals surface area contributed by atoms with Crippen molar-refractivity contribution in [2.75, 3.05) is 21.3 Å². The van der Waals surface area contributed by atoms with Crippen LogP contribution in [0.3, 0.4) is 0 Å². The molecule has 0 radical (unpaired) electrons. The summed E-state index contributed by atoms with van der Waals surface area (Å²) in [5, 5.41) is 11.2. The number of rotatable bonds is 5. The third-order valence-electron chi connectivity index (χ3n) is 4.44. The van der Waals surface area contributed by atoms with Crippen molar-refractivity contribution >= 4 is 21.9 Å². The van der Waals surface area contributed by atoms with E-state index in [0.29, 0.717) is 40.2 Å². The molecular formula is C21H22O6. The predicted molar refractivity (Wildman–Crippen MR) is 104 cm³/mol. The van der Waals surface area contributed by atoms with Crippen molar-refractivity contribution in [1.82, 2.24) is 0 Å². The number of benzene rings is 2. The Morgan fingerprint density at radius 1 is 1.00 bits per heavy atom. The van der Waals surface area contributed by atoms with Crippen LogP contribution in [0.4, 0.5) is 0 Å². The number of ether oxygens (including phenoxy) is 3. The molecule has 142 valence electrons. The summed E-state index contributed by atoms with van der Waals surface area (Å²) < 4.78 is 21.8. The van der Waals surface area contributed by atoms with E-state index in [-0.39, 0.29) is 22.1 Å². The van der Waals surface area contributed by atoms with Crippen molar-refractivity contribution < 1.29 is 23.7 Å². The Labute approximate surface area is 156 Å². The zero-order valence-electron chi connectivity index (χ0n) is 16.0. The van der Waals surface area contributed by atoms with Crippen LogP contribution in [-0.4, -0.2) is 26.4 Å². The maximum Gasteiger partial charge on any atom is 0.204 e. The summed E-state index contributed by atoms with van der Waals surface area (Å²) in [5.74, 6) is 1.19. The van der Waals surface area contributed by atoms with Crippen LogP contribution in [0.25, 0.3) is 21.9 Å². The minimum Gasteiger partial charge on any atom is -0.507 e. The van der Waals surface area contributed by atoms with Gasteiger partial charge in [-0.2, -0.15) is 0 Å². The molecule has 0 bridgehead atoms. The molecule has 1 aromatic heterocycles. The van der Waals surface area contributed by atoms with Crippen LogP contribution >= 0.6 is 0 Å². The van der Waals surface area contributed by atoms with E-state index in [9.17, 15) is 9.90 Å². The third kappa shape index (κ3) is 3.18. The van der Waals surface area contributed by atoms with Gasteiger partial charge in [0, 0.05) is 17.7 Å². The molecule has 0 aliphatic rings. The van der Waals surface area contributed by atoms with E-state index < -0.39 is 0 Å². The quantitative estimate of drug-likeness (QED) is 0.536. The molecule has 0 aliphatic heterocycles. The molecule has 2 aromatic carbocycles. The molecule has 0 amide bonds. The second-order valence-electron chi connectivity index (χ2n) is 6.40. The van der Waals surface area contributed by atoms with Crippen LogP contribution in [0.1, 0.15) is 19.4 Å². The highest BCUT2D eigenvalue weighted by Crippen LogP contribution is 2.38. The van der Waals surface area contributed by atoms with Gasteiger partial charge in [-0.05, 0) is 26.3 Å². The fourth-order valence-corrected chi connectivity index (χ4v) is 3.02. The maximum absolute atomic E-state index is 13.1. The molecule has 0 spiro atoms. The molecule has 3 rings (SSSR count). The van der Waals surface area contributed by atoms with Crippen molar-refractivity contribution in [1.29, 1.82) is 0 Å². The van der Waals surface area contributed by atoms with Crippen molar-refractivity contribution in [3.63, 3.8) is 0 Å². The van der Waals surface area contributed by atoms with E-state index in [2.05, 4.69) is 0 Å². The summed E-state index contributed by atoms with van der Waals surface area (Å²) in [6.07, 6.45) is 2.40. The average Bonchev–Trinajstić information content (AvgIpc) is 2.65. The van der Waals surface area contributed by atoms with Crippen LogP contribution in [0.5, 0.6) is 23.0 Å². The van der Waals surface area contributed by atoms with Gasteiger partial charge >= 0.3 is 0 Å². The fraction of sp³-hybridized carbons (Fsp3) is 0.286. The van der Waals surface area contributed by atoms with E-state index >= 15 is 0 Å². The lowest BCUT2D eigenvalue weighted by Gasteiger charge is -2.13. The zero-order chi connectivity index (χ0) is 19.7. The molecule has 0 saturated carbocycles. The maximum atomic E-state index is 13.1. The summed E-state index contributed by atoms with van der Waals surface area (Å²) in [5.41, 5.74) is 1.88. The molecule has 0 fully saturated rings. The Kier molecular flexibility index (Phi) is 4.99. The zero-order valence-corrected chi connectivity index (χ0v) is 16.0. The summed E-state index contributed by atoms with van der Waals surface area (Å²) in [6.45, 7) is 3.93. The second kappa shape index (κ2) is 7.23. The van der Waals surface area contributed by atoms with Gasteiger partial charge in [-0.1, -0.05) is 11.6 Å². The second-order valence-corrected chi connectivity index (χ2v) is 6.40. The summed E-state index contributed by atoms with van der Waals surface area (Å²) >= 11 is 0. The first kappa shape index (κ1) is 18.6. The molecule has 1 N–H and O–H groups in total. The highest BCUT2D eigenvalue weighted by atomic mass is 16.5. The van der Waals surface area contributed by atoms with Gasteiger partial charge in [0.05, 0.1) is 26.7 Å². The van der Waals surface area contributed by atoms with E-state index in [1.807, 2.05) is 19.9 Å². The monoisotopic (exact) mass is 370 g/mol. The van der Waals surface area contributed by atoms with Crippen molar-refractivity contribution in [2.24, 2.45) is 0 Å². The topological polar surface area (TPSA) is 78.1 Å². The van der Waals surface area contributed by atoms with Gasteiger partial charge < -0.3 is 23.7 Å². The van der Waals surface area contributed by atoms with E-state index in [1.54, 1.807) is 18.2 Å². The Bertz CT molecular complexity index is 1100. The van der Waals surface area contributed by atoms with Gasteiger partial charge in [-0.25, -0.2) is 0 Å². The molecule has 0 aliphatic carbocycles. The number of phenols is 1. The Morgan fingerprint density at radius 2 is 1.59 bits per heavy atom. The highest BCUT2D eigenvalue weighted by Gasteiger charge is 2.20. The molecular weight excluding hydrogens is 348 g/mol. The van der Waals surface area contributed by atoms with E-state index in [0.717, 1.165) is 5.57 Å². The molecule has 0 unspecified atom stereocenters. The number of aromatic hydroxyl groups is 1. The normalized spacial score (nSPS) is 10.9. The van der Waals surface area contributed by atoms with Crippen molar-refractivity contribution in [3.05, 3.63) is 45.6 Å². The predicted octanol–water partition coefficient (Wildman–Crippen LogP) is 4.19. The molecule has 27 heavy (non-hydrogen) atoms. The molecule has 6 nitrogen and oxygen atoms in total. The highest BCUT2D eigenvalue weighted by molar-refractivity contribution is 5.96. The van der Waals surface area contributed by atoms with Crippen molar-refractivity contribution in [3.8, 4) is 23.0 Å². The number of hydrogen-bond donors (Lipinski definition) is 1. The lowest BCUT2D eigenvalue weighted by molar-refractivity contribution is 0.355. The summed E-state index contributed by atoms with van der Waals surface area (Å²) in [7, 11) is 4.51. The number of methoxy groups -OCH3 is 3. The van der Waals surface area contributed by atoms with E-state index in [4.69, 9.17) is 18.6 Å². The third-order valence-corrected chi connectivity index (χ3v) is 4.44. The first-order chi connectivity index (χ1) is 12.9. The van der Waals surface area contributed by atoms with Crippen LogP contribution in [-0.2, 0) is 6.42 Å². The first-order valence-corrected chi connectivity index (χ1v) is 8.46. The number of fused-ring (bicyclic) bond motifs is 2. The molecule has 6 heteroatoms. The fourth-order valence-electron chi connectivity index (χ4n) is 3.02. The lowest BCUT2D eigenvalue weighted by Crippen LogP contribution is -2.05. The van der Waals surface area contributed by atoms with Crippen molar-refractivity contribution in [2.45, 2.75) is 20.3 Å². The molecule has 3 aromatic rings. The summed E-state index contributed by atoms with van der Waals surface area (Å²) in [4.78, 5) is 13.1. The van der Waals surface area contributed by atoms with Crippen LogP contribution in [0.2, 0.25) is 0 Å². The largest absolute Gasteiger partial charge is 0.507 e. The van der Waals surface area contributed by atoms with Crippen LogP contribution < -0.4 is 19.6 Å². The Morgan fingerprint density at radius 3 is 2.19 bits per heavy atom.